The maximum absolute atomic E-state index is 13.5. The van der Waals surface area contributed by atoms with E-state index in [2.05, 4.69) is 5.10 Å². The number of alkyl halides is 3. The quantitative estimate of drug-likeness (QED) is 0.564. The molecule has 1 aromatic carbocycles. The number of hydrogen-bond acceptors (Lipinski definition) is 5. The van der Waals surface area contributed by atoms with Crippen LogP contribution in [0.4, 0.5) is 13.2 Å². The number of nitrogens with two attached hydrogens (primary N) is 1. The van der Waals surface area contributed by atoms with E-state index < -0.39 is 28.9 Å². The van der Waals surface area contributed by atoms with Crippen LogP contribution >= 0.6 is 0 Å². The predicted molar refractivity (Wildman–Crippen MR) is 117 cm³/mol. The fourth-order valence-electron chi connectivity index (χ4n) is 3.95. The van der Waals surface area contributed by atoms with E-state index in [9.17, 15) is 22.8 Å². The molecular formula is C23H23F3N4O4. The zero-order valence-electron chi connectivity index (χ0n) is 18.5. The van der Waals surface area contributed by atoms with Crippen molar-refractivity contribution in [3.63, 3.8) is 0 Å². The maximum atomic E-state index is 13.5. The van der Waals surface area contributed by atoms with Crippen molar-refractivity contribution in [2.24, 2.45) is 5.73 Å². The van der Waals surface area contributed by atoms with Crippen LogP contribution in [0, 0.1) is 0 Å². The van der Waals surface area contributed by atoms with Crippen LogP contribution in [0.2, 0.25) is 0 Å². The van der Waals surface area contributed by atoms with Gasteiger partial charge in [-0.05, 0) is 37.6 Å². The number of halogens is 3. The Kier molecular flexibility index (Phi) is 6.22. The monoisotopic (exact) mass is 476 g/mol. The van der Waals surface area contributed by atoms with Crippen LogP contribution in [0.1, 0.15) is 53.1 Å². The zero-order valence-corrected chi connectivity index (χ0v) is 18.5. The number of carbonyl (C=O) groups is 1. The number of carbonyl (C=O) groups excluding carboxylic acids is 1. The molecule has 3 N–H and O–H groups in total. The number of hydrogen-bond donors (Lipinski definition) is 2. The van der Waals surface area contributed by atoms with E-state index in [1.165, 1.54) is 24.3 Å². The summed E-state index contributed by atoms with van der Waals surface area (Å²) < 4.78 is 54.0. The highest BCUT2D eigenvalue weighted by Crippen LogP contribution is 2.36. The van der Waals surface area contributed by atoms with Crippen molar-refractivity contribution in [2.45, 2.75) is 38.6 Å². The van der Waals surface area contributed by atoms with Crippen molar-refractivity contribution < 1.29 is 27.4 Å². The third-order valence-electron chi connectivity index (χ3n) is 5.62. The van der Waals surface area contributed by atoms with E-state index in [0.29, 0.717) is 25.6 Å². The van der Waals surface area contributed by atoms with Crippen molar-refractivity contribution >= 4 is 5.91 Å². The first-order valence-electron chi connectivity index (χ1n) is 10.6. The first-order valence-corrected chi connectivity index (χ1v) is 10.6. The fraction of sp³-hybridized carbons (Fsp3) is 0.348. The van der Waals surface area contributed by atoms with Crippen LogP contribution in [0.5, 0.6) is 5.75 Å². The van der Waals surface area contributed by atoms with E-state index >= 15 is 0 Å². The summed E-state index contributed by atoms with van der Waals surface area (Å²) >= 11 is 0. The molecule has 4 rings (SSSR count). The first-order chi connectivity index (χ1) is 16.1. The van der Waals surface area contributed by atoms with Crippen LogP contribution in [0.15, 0.2) is 41.3 Å². The second-order valence-electron chi connectivity index (χ2n) is 8.30. The van der Waals surface area contributed by atoms with Crippen LogP contribution in [0.25, 0.3) is 11.1 Å². The molecule has 0 saturated carbocycles. The molecule has 3 heterocycles. The van der Waals surface area contributed by atoms with Gasteiger partial charge < -0.3 is 20.2 Å². The molecule has 1 amide bonds. The molecule has 0 radical (unpaired) electrons. The minimum atomic E-state index is -4.83. The Morgan fingerprint density at radius 3 is 2.65 bits per heavy atom. The molecule has 0 saturated heterocycles. The molecule has 1 aliphatic heterocycles. The molecule has 0 fully saturated rings. The number of nitrogens with one attached hydrogen (secondary N) is 1. The number of primary amides is 1. The third kappa shape index (κ3) is 4.56. The minimum absolute atomic E-state index is 0.0370. The Bertz CT molecular complexity index is 1260. The van der Waals surface area contributed by atoms with Crippen LogP contribution in [-0.4, -0.2) is 33.9 Å². The van der Waals surface area contributed by atoms with Crippen LogP contribution < -0.4 is 16.0 Å². The summed E-state index contributed by atoms with van der Waals surface area (Å²) in [5.74, 6) is -0.712. The second kappa shape index (κ2) is 8.98. The smallest absolute Gasteiger partial charge is 0.431 e. The number of pyridine rings is 1. The van der Waals surface area contributed by atoms with Crippen molar-refractivity contribution in [3.8, 4) is 16.9 Å². The standard InChI is InChI=1S/C23H23F3N4O4/c1-12(2)30-19-11-33-9-14(18(19)8-28-30)10-34-15-5-3-13(4-6-15)16-7-17(21(27)31)22(32)29-20(16)23(24,25)26/h3-8,12,14H,9-11H2,1-2H3,(H2,27,31)(H,29,32). The fourth-order valence-corrected chi connectivity index (χ4v) is 3.95. The number of nitrogens with zero attached hydrogens (tertiary/aromatic N) is 2. The first kappa shape index (κ1) is 23.6. The number of benzene rings is 1. The molecule has 11 heteroatoms. The lowest BCUT2D eigenvalue weighted by Gasteiger charge is -2.24. The summed E-state index contributed by atoms with van der Waals surface area (Å²) in [5.41, 5.74) is 3.96. The maximum Gasteiger partial charge on any atom is 0.431 e. The van der Waals surface area contributed by atoms with Crippen molar-refractivity contribution in [1.29, 1.82) is 0 Å². The lowest BCUT2D eigenvalue weighted by Crippen LogP contribution is -2.27. The van der Waals surface area contributed by atoms with Crippen LogP contribution in [-0.2, 0) is 17.5 Å². The molecule has 0 spiro atoms. The summed E-state index contributed by atoms with van der Waals surface area (Å²) in [7, 11) is 0. The highest BCUT2D eigenvalue weighted by molar-refractivity contribution is 5.94. The summed E-state index contributed by atoms with van der Waals surface area (Å²) in [4.78, 5) is 25.0. The van der Waals surface area contributed by atoms with Gasteiger partial charge in [-0.15, -0.1) is 0 Å². The molecular weight excluding hydrogens is 453 g/mol. The molecule has 1 aliphatic rings. The topological polar surface area (TPSA) is 112 Å². The van der Waals surface area contributed by atoms with Crippen LogP contribution in [0.3, 0.4) is 0 Å². The van der Waals surface area contributed by atoms with Crippen molar-refractivity contribution in [1.82, 2.24) is 14.8 Å². The SMILES string of the molecule is CC(C)n1ncc2c1COCC2COc1ccc(-c2cc(C(N)=O)c(=O)[nH]c2C(F)(F)F)cc1. The van der Waals surface area contributed by atoms with Crippen molar-refractivity contribution in [3.05, 3.63) is 69.4 Å². The van der Waals surface area contributed by atoms with Gasteiger partial charge in [-0.2, -0.15) is 18.3 Å². The Morgan fingerprint density at radius 2 is 2.03 bits per heavy atom. The average Bonchev–Trinajstić information content (AvgIpc) is 3.22. The van der Waals surface area contributed by atoms with E-state index in [-0.39, 0.29) is 23.1 Å². The normalized spacial score (nSPS) is 15.9. The molecule has 2 aromatic heterocycles. The van der Waals surface area contributed by atoms with E-state index in [1.807, 2.05) is 24.7 Å². The molecule has 0 bridgehead atoms. The number of aromatic amines is 1. The number of ether oxygens (including phenoxy) is 2. The van der Waals surface area contributed by atoms with Crippen molar-refractivity contribution in [2.75, 3.05) is 13.2 Å². The number of aromatic nitrogens is 3. The molecule has 1 atom stereocenters. The summed E-state index contributed by atoms with van der Waals surface area (Å²) in [5, 5.41) is 4.43. The molecule has 0 aliphatic carbocycles. The molecule has 8 nitrogen and oxygen atoms in total. The number of H-pyrrole nitrogens is 1. The predicted octanol–water partition coefficient (Wildman–Crippen LogP) is 3.63. The van der Waals surface area contributed by atoms with Gasteiger partial charge in [-0.3, -0.25) is 14.3 Å². The molecule has 34 heavy (non-hydrogen) atoms. The molecule has 1 unspecified atom stereocenters. The number of amides is 1. The Balaban J connectivity index is 1.56. The summed E-state index contributed by atoms with van der Waals surface area (Å²) in [6.07, 6.45) is -3.01. The van der Waals surface area contributed by atoms with Gasteiger partial charge in [0.15, 0.2) is 0 Å². The Hall–Kier alpha value is -3.60. The van der Waals surface area contributed by atoms with Gasteiger partial charge in [0.25, 0.3) is 11.5 Å². The van der Waals surface area contributed by atoms with Gasteiger partial charge in [-0.25, -0.2) is 0 Å². The van der Waals surface area contributed by atoms with Gasteiger partial charge in [0.2, 0.25) is 0 Å². The van der Waals surface area contributed by atoms with E-state index in [0.717, 1.165) is 17.3 Å². The van der Waals surface area contributed by atoms with Gasteiger partial charge in [-0.1, -0.05) is 12.1 Å². The van der Waals surface area contributed by atoms with E-state index in [4.69, 9.17) is 15.2 Å². The lowest BCUT2D eigenvalue weighted by molar-refractivity contribution is -0.140. The van der Waals surface area contributed by atoms with Gasteiger partial charge in [0, 0.05) is 23.1 Å². The Morgan fingerprint density at radius 1 is 1.32 bits per heavy atom. The largest absolute Gasteiger partial charge is 0.493 e. The molecule has 3 aromatic rings. The summed E-state index contributed by atoms with van der Waals surface area (Å²) in [6, 6.07) is 6.93. The van der Waals surface area contributed by atoms with Gasteiger partial charge >= 0.3 is 6.18 Å². The van der Waals surface area contributed by atoms with E-state index in [1.54, 1.807) is 4.98 Å². The average molecular weight is 476 g/mol. The second-order valence-corrected chi connectivity index (χ2v) is 8.30. The minimum Gasteiger partial charge on any atom is -0.493 e. The summed E-state index contributed by atoms with van der Waals surface area (Å²) in [6.45, 7) is 5.32. The lowest BCUT2D eigenvalue weighted by atomic mass is 9.99. The highest BCUT2D eigenvalue weighted by Gasteiger charge is 2.36. The number of rotatable bonds is 6. The number of fused-ring (bicyclic) bond motifs is 1. The molecule has 180 valence electrons. The zero-order chi connectivity index (χ0) is 24.6. The highest BCUT2D eigenvalue weighted by atomic mass is 19.4. The van der Waals surface area contributed by atoms with Gasteiger partial charge in [0.05, 0.1) is 31.7 Å². The Labute approximate surface area is 192 Å². The third-order valence-corrected chi connectivity index (χ3v) is 5.62. The van der Waals surface area contributed by atoms with Gasteiger partial charge in [0.1, 0.15) is 17.0 Å².